The van der Waals surface area contributed by atoms with Gasteiger partial charge in [0.05, 0.1) is 5.69 Å². The van der Waals surface area contributed by atoms with Gasteiger partial charge in [0.1, 0.15) is 0 Å². The summed E-state index contributed by atoms with van der Waals surface area (Å²) in [6.45, 7) is 6.31. The Kier molecular flexibility index (Phi) is 3.46. The molecule has 0 spiro atoms. The molecule has 0 unspecified atom stereocenters. The van der Waals surface area contributed by atoms with E-state index in [1.807, 2.05) is 38.1 Å². The van der Waals surface area contributed by atoms with Gasteiger partial charge in [0.25, 0.3) is 5.91 Å². The average molecular weight is 244 g/mol. The van der Waals surface area contributed by atoms with Gasteiger partial charge in [0.2, 0.25) is 5.76 Å². The first-order valence-electron chi connectivity index (χ1n) is 5.93. The molecule has 0 radical (unpaired) electrons. The largest absolute Gasteiger partial charge is 0.351 e. The van der Waals surface area contributed by atoms with Crippen molar-refractivity contribution >= 4 is 11.6 Å². The molecule has 2 aromatic rings. The van der Waals surface area contributed by atoms with Gasteiger partial charge in [-0.1, -0.05) is 17.3 Å². The third kappa shape index (κ3) is 2.42. The quantitative estimate of drug-likeness (QED) is 0.833. The fourth-order valence-electron chi connectivity index (χ4n) is 1.84. The normalized spacial score (nSPS) is 10.4. The Bertz CT molecular complexity index is 560. The highest BCUT2D eigenvalue weighted by Crippen LogP contribution is 2.18. The van der Waals surface area contributed by atoms with Crippen molar-refractivity contribution in [1.29, 1.82) is 0 Å². The maximum atomic E-state index is 12.3. The van der Waals surface area contributed by atoms with Gasteiger partial charge in [0, 0.05) is 18.3 Å². The second-order valence-electron chi connectivity index (χ2n) is 4.22. The van der Waals surface area contributed by atoms with Crippen molar-refractivity contribution in [1.82, 2.24) is 5.16 Å². The predicted octanol–water partition coefficient (Wildman–Crippen LogP) is 2.96. The summed E-state index contributed by atoms with van der Waals surface area (Å²) in [6.07, 6.45) is 0. The summed E-state index contributed by atoms with van der Waals surface area (Å²) in [5.41, 5.74) is 2.70. The highest BCUT2D eigenvalue weighted by molar-refractivity contribution is 6.04. The molecule has 0 saturated carbocycles. The standard InChI is InChI=1S/C14H16N2O2/c1-4-16(12-7-5-6-10(2)8-12)14(17)13-9-11(3)15-18-13/h5-9H,4H2,1-3H3. The summed E-state index contributed by atoms with van der Waals surface area (Å²) in [7, 11) is 0. The zero-order valence-corrected chi connectivity index (χ0v) is 10.8. The van der Waals surface area contributed by atoms with Crippen LogP contribution in [0.3, 0.4) is 0 Å². The minimum Gasteiger partial charge on any atom is -0.351 e. The molecule has 0 N–H and O–H groups in total. The number of nitrogens with zero attached hydrogens (tertiary/aromatic N) is 2. The summed E-state index contributed by atoms with van der Waals surface area (Å²) in [4.78, 5) is 14.0. The molecule has 0 fully saturated rings. The van der Waals surface area contributed by atoms with Crippen molar-refractivity contribution in [2.75, 3.05) is 11.4 Å². The van der Waals surface area contributed by atoms with Crippen LogP contribution in [-0.2, 0) is 0 Å². The lowest BCUT2D eigenvalue weighted by Gasteiger charge is -2.19. The van der Waals surface area contributed by atoms with E-state index >= 15 is 0 Å². The van der Waals surface area contributed by atoms with Gasteiger partial charge in [-0.2, -0.15) is 0 Å². The molecule has 0 aliphatic heterocycles. The minimum atomic E-state index is -0.163. The zero-order chi connectivity index (χ0) is 13.1. The van der Waals surface area contributed by atoms with E-state index in [2.05, 4.69) is 5.16 Å². The van der Waals surface area contributed by atoms with Crippen LogP contribution in [0.1, 0.15) is 28.7 Å². The zero-order valence-electron chi connectivity index (χ0n) is 10.8. The lowest BCUT2D eigenvalue weighted by atomic mass is 10.2. The molecule has 94 valence electrons. The molecular weight excluding hydrogens is 228 g/mol. The van der Waals surface area contributed by atoms with E-state index < -0.39 is 0 Å². The van der Waals surface area contributed by atoms with E-state index in [0.717, 1.165) is 11.3 Å². The summed E-state index contributed by atoms with van der Waals surface area (Å²) in [6, 6.07) is 9.48. The first-order valence-corrected chi connectivity index (χ1v) is 5.93. The number of hydrogen-bond acceptors (Lipinski definition) is 3. The SMILES string of the molecule is CCN(C(=O)c1cc(C)no1)c1cccc(C)c1. The van der Waals surface area contributed by atoms with Crippen LogP contribution in [0, 0.1) is 13.8 Å². The van der Waals surface area contributed by atoms with Gasteiger partial charge < -0.3 is 9.42 Å². The Hall–Kier alpha value is -2.10. The molecular formula is C14H16N2O2. The summed E-state index contributed by atoms with van der Waals surface area (Å²) < 4.78 is 5.02. The molecule has 0 atom stereocenters. The van der Waals surface area contributed by atoms with Gasteiger partial charge in [0.15, 0.2) is 0 Å². The van der Waals surface area contributed by atoms with Gasteiger partial charge in [-0.3, -0.25) is 4.79 Å². The molecule has 1 heterocycles. The molecule has 1 amide bonds. The van der Waals surface area contributed by atoms with Crippen molar-refractivity contribution in [2.45, 2.75) is 20.8 Å². The lowest BCUT2D eigenvalue weighted by molar-refractivity contribution is 0.0952. The number of hydrogen-bond donors (Lipinski definition) is 0. The van der Waals surface area contributed by atoms with Crippen molar-refractivity contribution < 1.29 is 9.32 Å². The van der Waals surface area contributed by atoms with Crippen molar-refractivity contribution in [3.8, 4) is 0 Å². The van der Waals surface area contributed by atoms with Crippen LogP contribution >= 0.6 is 0 Å². The second-order valence-corrected chi connectivity index (χ2v) is 4.22. The van der Waals surface area contributed by atoms with Crippen LogP contribution < -0.4 is 4.90 Å². The fourth-order valence-corrected chi connectivity index (χ4v) is 1.84. The van der Waals surface area contributed by atoms with Crippen LogP contribution in [0.5, 0.6) is 0 Å². The van der Waals surface area contributed by atoms with Gasteiger partial charge in [-0.25, -0.2) is 0 Å². The third-order valence-corrected chi connectivity index (χ3v) is 2.71. The second kappa shape index (κ2) is 5.04. The molecule has 4 heteroatoms. The molecule has 1 aromatic heterocycles. The van der Waals surface area contributed by atoms with E-state index in [4.69, 9.17) is 4.52 Å². The minimum absolute atomic E-state index is 0.163. The molecule has 2 rings (SSSR count). The van der Waals surface area contributed by atoms with Crippen molar-refractivity contribution in [2.24, 2.45) is 0 Å². The summed E-state index contributed by atoms with van der Waals surface area (Å²) in [5, 5.41) is 3.74. The molecule has 18 heavy (non-hydrogen) atoms. The number of benzene rings is 1. The molecule has 0 saturated heterocycles. The monoisotopic (exact) mass is 244 g/mol. The number of aryl methyl sites for hydroxylation is 2. The lowest BCUT2D eigenvalue weighted by Crippen LogP contribution is -2.30. The van der Waals surface area contributed by atoms with E-state index in [0.29, 0.717) is 12.2 Å². The smallest absolute Gasteiger partial charge is 0.296 e. The molecule has 0 aliphatic carbocycles. The summed E-state index contributed by atoms with van der Waals surface area (Å²) in [5.74, 6) is 0.111. The maximum Gasteiger partial charge on any atom is 0.296 e. The van der Waals surface area contributed by atoms with E-state index in [9.17, 15) is 4.79 Å². The Balaban J connectivity index is 2.31. The summed E-state index contributed by atoms with van der Waals surface area (Å²) >= 11 is 0. The molecule has 4 nitrogen and oxygen atoms in total. The van der Waals surface area contributed by atoms with Gasteiger partial charge in [-0.05, 0) is 38.5 Å². The number of rotatable bonds is 3. The van der Waals surface area contributed by atoms with E-state index in [1.54, 1.807) is 17.9 Å². The number of anilines is 1. The number of carbonyl (C=O) groups is 1. The van der Waals surface area contributed by atoms with Crippen LogP contribution in [-0.4, -0.2) is 17.6 Å². The van der Waals surface area contributed by atoms with Crippen LogP contribution in [0.15, 0.2) is 34.9 Å². The first-order chi connectivity index (χ1) is 8.61. The van der Waals surface area contributed by atoms with Crippen LogP contribution in [0.2, 0.25) is 0 Å². The van der Waals surface area contributed by atoms with Crippen molar-refractivity contribution in [3.63, 3.8) is 0 Å². The Labute approximate surface area is 106 Å². The topological polar surface area (TPSA) is 46.3 Å². The van der Waals surface area contributed by atoms with E-state index in [-0.39, 0.29) is 11.7 Å². The molecule has 1 aromatic carbocycles. The Morgan fingerprint density at radius 2 is 2.11 bits per heavy atom. The maximum absolute atomic E-state index is 12.3. The number of aromatic nitrogens is 1. The highest BCUT2D eigenvalue weighted by Gasteiger charge is 2.20. The van der Waals surface area contributed by atoms with Crippen LogP contribution in [0.4, 0.5) is 5.69 Å². The van der Waals surface area contributed by atoms with Crippen LogP contribution in [0.25, 0.3) is 0 Å². The average Bonchev–Trinajstić information content (AvgIpc) is 2.77. The molecule has 0 aliphatic rings. The van der Waals surface area contributed by atoms with Crippen molar-refractivity contribution in [3.05, 3.63) is 47.3 Å². The van der Waals surface area contributed by atoms with E-state index in [1.165, 1.54) is 0 Å². The van der Waals surface area contributed by atoms with Gasteiger partial charge >= 0.3 is 0 Å². The fraction of sp³-hybridized carbons (Fsp3) is 0.286. The number of amides is 1. The molecule has 0 bridgehead atoms. The predicted molar refractivity (Wildman–Crippen MR) is 69.8 cm³/mol. The van der Waals surface area contributed by atoms with Gasteiger partial charge in [-0.15, -0.1) is 0 Å². The Morgan fingerprint density at radius 1 is 1.33 bits per heavy atom. The number of carbonyl (C=O) groups excluding carboxylic acids is 1. The first kappa shape index (κ1) is 12.4. The highest BCUT2D eigenvalue weighted by atomic mass is 16.5. The Morgan fingerprint density at radius 3 is 2.67 bits per heavy atom. The third-order valence-electron chi connectivity index (χ3n) is 2.71.